The molecule has 1 aromatic heterocycles. The molecule has 0 N–H and O–H groups in total. The Morgan fingerprint density at radius 1 is 1.22 bits per heavy atom. The molecule has 0 saturated carbocycles. The molecule has 1 fully saturated rings. The van der Waals surface area contributed by atoms with Crippen LogP contribution in [0.15, 0.2) is 54.6 Å². The van der Waals surface area contributed by atoms with Crippen LogP contribution in [0.5, 0.6) is 0 Å². The normalized spacial score (nSPS) is 15.7. The van der Waals surface area contributed by atoms with Crippen molar-refractivity contribution in [2.45, 2.75) is 13.8 Å². The zero-order chi connectivity index (χ0) is 16.2. The smallest absolute Gasteiger partial charge is 0.130 e. The van der Waals surface area contributed by atoms with E-state index < -0.39 is 0 Å². The zero-order valence-electron chi connectivity index (χ0n) is 13.8. The molecule has 0 amide bonds. The lowest BCUT2D eigenvalue weighted by Crippen LogP contribution is -2.37. The summed E-state index contributed by atoms with van der Waals surface area (Å²) in [4.78, 5) is 2.31. The molecule has 2 aromatic rings. The molecule has 2 heterocycles. The number of benzene rings is 1. The molecular weight excluding hydrogens is 286 g/mol. The first-order valence-corrected chi connectivity index (χ1v) is 7.97. The van der Waals surface area contributed by atoms with Crippen LogP contribution >= 0.6 is 0 Å². The Kier molecular flexibility index (Phi) is 4.63. The average Bonchev–Trinajstić information content (AvgIpc) is 2.96. The van der Waals surface area contributed by atoms with Crippen molar-refractivity contribution in [2.24, 2.45) is 0 Å². The maximum atomic E-state index is 5.47. The molecule has 1 saturated heterocycles. The lowest BCUT2D eigenvalue weighted by molar-refractivity contribution is 0.0611. The van der Waals surface area contributed by atoms with Crippen LogP contribution in [0.2, 0.25) is 0 Å². The third-order valence-electron chi connectivity index (χ3n) is 3.88. The van der Waals surface area contributed by atoms with Gasteiger partial charge in [-0.3, -0.25) is 0 Å². The van der Waals surface area contributed by atoms with Crippen LogP contribution in [0, 0.1) is 6.92 Å². The van der Waals surface area contributed by atoms with E-state index in [1.165, 1.54) is 0 Å². The van der Waals surface area contributed by atoms with E-state index in [0.717, 1.165) is 54.6 Å². The third kappa shape index (κ3) is 3.54. The van der Waals surface area contributed by atoms with Crippen LogP contribution in [-0.4, -0.2) is 41.0 Å². The van der Waals surface area contributed by atoms with E-state index in [1.54, 1.807) is 0 Å². The minimum Gasteiger partial charge on any atom is -0.378 e. The van der Waals surface area contributed by atoms with Gasteiger partial charge in [0.1, 0.15) is 5.82 Å². The lowest BCUT2D eigenvalue weighted by atomic mass is 10.1. The molecule has 3 rings (SSSR count). The van der Waals surface area contributed by atoms with Gasteiger partial charge in [-0.15, -0.1) is 0 Å². The van der Waals surface area contributed by atoms with Gasteiger partial charge in [-0.1, -0.05) is 42.5 Å². The summed E-state index contributed by atoms with van der Waals surface area (Å²) in [7, 11) is 0. The van der Waals surface area contributed by atoms with Crippen molar-refractivity contribution in [3.63, 3.8) is 0 Å². The topological polar surface area (TPSA) is 30.3 Å². The molecule has 1 aliphatic rings. The molecule has 0 bridgehead atoms. The second-order valence-corrected chi connectivity index (χ2v) is 5.90. The van der Waals surface area contributed by atoms with E-state index in [4.69, 9.17) is 9.84 Å². The fourth-order valence-electron chi connectivity index (χ4n) is 2.76. The number of allylic oxidation sites excluding steroid dienone is 2. The maximum absolute atomic E-state index is 5.47. The van der Waals surface area contributed by atoms with Gasteiger partial charge in [0, 0.05) is 24.3 Å². The number of ether oxygens (including phenoxy) is 1. The second-order valence-electron chi connectivity index (χ2n) is 5.90. The van der Waals surface area contributed by atoms with Crippen LogP contribution in [0.3, 0.4) is 0 Å². The van der Waals surface area contributed by atoms with Gasteiger partial charge in [0.2, 0.25) is 0 Å². The largest absolute Gasteiger partial charge is 0.378 e. The van der Waals surface area contributed by atoms with Crippen LogP contribution in [0.25, 0.3) is 17.1 Å². The Hall–Kier alpha value is -2.33. The fraction of sp³-hybridized carbons (Fsp3) is 0.316. The molecule has 1 aliphatic heterocycles. The number of hydrogen-bond acceptors (Lipinski definition) is 3. The van der Waals surface area contributed by atoms with E-state index in [-0.39, 0.29) is 0 Å². The minimum absolute atomic E-state index is 0.749. The van der Waals surface area contributed by atoms with Crippen LogP contribution in [-0.2, 0) is 4.74 Å². The van der Waals surface area contributed by atoms with E-state index in [2.05, 4.69) is 42.7 Å². The van der Waals surface area contributed by atoms with Gasteiger partial charge in [0.15, 0.2) is 0 Å². The SMILES string of the molecule is C=C(C)/C=C(/N1CCOCC1)n1nc(-c2ccccc2)cc1C. The summed E-state index contributed by atoms with van der Waals surface area (Å²) in [6, 6.07) is 12.4. The van der Waals surface area contributed by atoms with Crippen molar-refractivity contribution in [1.29, 1.82) is 0 Å². The Morgan fingerprint density at radius 3 is 2.57 bits per heavy atom. The van der Waals surface area contributed by atoms with Crippen LogP contribution < -0.4 is 0 Å². The van der Waals surface area contributed by atoms with E-state index in [0.29, 0.717) is 0 Å². The lowest BCUT2D eigenvalue weighted by Gasteiger charge is -2.31. The molecule has 0 atom stereocenters. The Balaban J connectivity index is 1.99. The highest BCUT2D eigenvalue weighted by molar-refractivity contribution is 5.61. The molecule has 120 valence electrons. The predicted octanol–water partition coefficient (Wildman–Crippen LogP) is 3.57. The van der Waals surface area contributed by atoms with Crippen LogP contribution in [0.1, 0.15) is 12.6 Å². The Bertz CT molecular complexity index is 709. The fourth-order valence-corrected chi connectivity index (χ4v) is 2.76. The standard InChI is InChI=1S/C19H23N3O/c1-15(2)13-19(21-9-11-23-12-10-21)22-16(3)14-18(20-22)17-7-5-4-6-8-17/h4-8,13-14H,1,9-12H2,2-3H3/b19-13-. The highest BCUT2D eigenvalue weighted by Gasteiger charge is 2.18. The molecule has 23 heavy (non-hydrogen) atoms. The van der Waals surface area contributed by atoms with Crippen LogP contribution in [0.4, 0.5) is 0 Å². The number of morpholine rings is 1. The highest BCUT2D eigenvalue weighted by atomic mass is 16.5. The summed E-state index contributed by atoms with van der Waals surface area (Å²) >= 11 is 0. The van der Waals surface area contributed by atoms with Crippen molar-refractivity contribution >= 4 is 5.82 Å². The van der Waals surface area contributed by atoms with Gasteiger partial charge >= 0.3 is 0 Å². The van der Waals surface area contributed by atoms with E-state index in [9.17, 15) is 0 Å². The van der Waals surface area contributed by atoms with Gasteiger partial charge < -0.3 is 9.64 Å². The van der Waals surface area contributed by atoms with E-state index in [1.807, 2.05) is 29.8 Å². The first kappa shape index (κ1) is 15.6. The Labute approximate surface area is 137 Å². The molecule has 0 spiro atoms. The first-order valence-electron chi connectivity index (χ1n) is 7.97. The number of rotatable bonds is 4. The van der Waals surface area contributed by atoms with Crippen molar-refractivity contribution in [3.8, 4) is 11.3 Å². The summed E-state index contributed by atoms with van der Waals surface area (Å²) in [5.74, 6) is 1.07. The summed E-state index contributed by atoms with van der Waals surface area (Å²) in [6.45, 7) is 11.4. The predicted molar refractivity (Wildman–Crippen MR) is 93.9 cm³/mol. The van der Waals surface area contributed by atoms with Crippen molar-refractivity contribution in [1.82, 2.24) is 14.7 Å². The number of aromatic nitrogens is 2. The van der Waals surface area contributed by atoms with E-state index >= 15 is 0 Å². The molecule has 0 unspecified atom stereocenters. The Morgan fingerprint density at radius 2 is 1.91 bits per heavy atom. The summed E-state index contributed by atoms with van der Waals surface area (Å²) < 4.78 is 7.49. The first-order chi connectivity index (χ1) is 11.1. The van der Waals surface area contributed by atoms with Gasteiger partial charge in [-0.2, -0.15) is 5.10 Å². The molecule has 0 aliphatic carbocycles. The number of nitrogens with zero attached hydrogens (tertiary/aromatic N) is 3. The molecule has 4 nitrogen and oxygen atoms in total. The molecule has 0 radical (unpaired) electrons. The highest BCUT2D eigenvalue weighted by Crippen LogP contribution is 2.23. The number of hydrogen-bond donors (Lipinski definition) is 0. The average molecular weight is 309 g/mol. The molecular formula is C19H23N3O. The monoisotopic (exact) mass is 309 g/mol. The summed E-state index contributed by atoms with van der Waals surface area (Å²) in [5, 5.41) is 4.83. The second kappa shape index (κ2) is 6.84. The van der Waals surface area contributed by atoms with Gasteiger partial charge in [0.05, 0.1) is 18.9 Å². The minimum atomic E-state index is 0.749. The molecule has 4 heteroatoms. The van der Waals surface area contributed by atoms with Crippen molar-refractivity contribution in [3.05, 3.63) is 60.3 Å². The summed E-state index contributed by atoms with van der Waals surface area (Å²) in [5.41, 5.74) is 4.25. The quantitative estimate of drug-likeness (QED) is 0.809. The third-order valence-corrected chi connectivity index (χ3v) is 3.88. The molecule has 1 aromatic carbocycles. The number of aryl methyl sites for hydroxylation is 1. The van der Waals surface area contributed by atoms with Crippen molar-refractivity contribution < 1.29 is 4.74 Å². The zero-order valence-corrected chi connectivity index (χ0v) is 13.8. The van der Waals surface area contributed by atoms with Gasteiger partial charge in [0.25, 0.3) is 0 Å². The van der Waals surface area contributed by atoms with Gasteiger partial charge in [-0.25, -0.2) is 4.68 Å². The summed E-state index contributed by atoms with van der Waals surface area (Å²) in [6.07, 6.45) is 2.10. The van der Waals surface area contributed by atoms with Crippen molar-refractivity contribution in [2.75, 3.05) is 26.3 Å². The van der Waals surface area contributed by atoms with Gasteiger partial charge in [-0.05, 0) is 26.0 Å². The maximum Gasteiger partial charge on any atom is 0.130 e.